The van der Waals surface area contributed by atoms with E-state index < -0.39 is 6.09 Å². The average molecular weight is 310 g/mol. The molecule has 0 bridgehead atoms. The average Bonchev–Trinajstić information content (AvgIpc) is 2.39. The summed E-state index contributed by atoms with van der Waals surface area (Å²) in [6, 6.07) is 14.1. The normalized spacial score (nSPS) is 10.2. The third-order valence-corrected chi connectivity index (χ3v) is 3.01. The van der Waals surface area contributed by atoms with Crippen LogP contribution < -0.4 is 4.90 Å². The predicted octanol–water partition coefficient (Wildman–Crippen LogP) is 5.29. The van der Waals surface area contributed by atoms with Crippen LogP contribution in [0.15, 0.2) is 48.5 Å². The van der Waals surface area contributed by atoms with Gasteiger partial charge in [-0.1, -0.05) is 41.4 Å². The van der Waals surface area contributed by atoms with E-state index in [9.17, 15) is 4.79 Å². The first kappa shape index (κ1) is 14.7. The van der Waals surface area contributed by atoms with E-state index in [1.807, 2.05) is 30.3 Å². The van der Waals surface area contributed by atoms with E-state index in [-0.39, 0.29) is 6.61 Å². The first-order valence-electron chi connectivity index (χ1n) is 6.10. The summed E-state index contributed by atoms with van der Waals surface area (Å²) in [5.41, 5.74) is 1.25. The van der Waals surface area contributed by atoms with Crippen LogP contribution in [0, 0.1) is 0 Å². The second kappa shape index (κ2) is 6.64. The Morgan fingerprint density at radius 2 is 1.65 bits per heavy atom. The van der Waals surface area contributed by atoms with Crippen LogP contribution in [0.1, 0.15) is 6.92 Å². The van der Waals surface area contributed by atoms with E-state index in [0.29, 0.717) is 21.4 Å². The van der Waals surface area contributed by atoms with Gasteiger partial charge in [0.1, 0.15) is 0 Å². The molecule has 3 nitrogen and oxygen atoms in total. The molecule has 0 aliphatic carbocycles. The van der Waals surface area contributed by atoms with Crippen LogP contribution in [0.5, 0.6) is 0 Å². The van der Waals surface area contributed by atoms with Gasteiger partial charge in [0.25, 0.3) is 0 Å². The quantitative estimate of drug-likeness (QED) is 0.771. The lowest BCUT2D eigenvalue weighted by molar-refractivity contribution is 0.162. The molecule has 5 heteroatoms. The van der Waals surface area contributed by atoms with Gasteiger partial charge in [-0.05, 0) is 37.3 Å². The summed E-state index contributed by atoms with van der Waals surface area (Å²) in [7, 11) is 0. The molecule has 0 saturated heterocycles. The van der Waals surface area contributed by atoms with E-state index in [2.05, 4.69) is 0 Å². The smallest absolute Gasteiger partial charge is 0.418 e. The summed E-state index contributed by atoms with van der Waals surface area (Å²) in [6.07, 6.45) is -0.475. The zero-order valence-corrected chi connectivity index (χ0v) is 12.4. The first-order valence-corrected chi connectivity index (χ1v) is 6.85. The highest BCUT2D eigenvalue weighted by Gasteiger charge is 2.19. The van der Waals surface area contributed by atoms with Crippen molar-refractivity contribution in [1.29, 1.82) is 0 Å². The Morgan fingerprint density at radius 3 is 2.20 bits per heavy atom. The van der Waals surface area contributed by atoms with Crippen molar-refractivity contribution in [3.63, 3.8) is 0 Å². The Hall–Kier alpha value is -1.71. The molecule has 0 saturated carbocycles. The lowest BCUT2D eigenvalue weighted by Crippen LogP contribution is -2.26. The fourth-order valence-electron chi connectivity index (χ4n) is 1.79. The van der Waals surface area contributed by atoms with Gasteiger partial charge in [-0.15, -0.1) is 0 Å². The molecule has 0 radical (unpaired) electrons. The van der Waals surface area contributed by atoms with Crippen molar-refractivity contribution in [1.82, 2.24) is 0 Å². The molecule has 0 unspecified atom stereocenters. The van der Waals surface area contributed by atoms with Gasteiger partial charge in [-0.3, -0.25) is 0 Å². The van der Waals surface area contributed by atoms with Crippen LogP contribution in [0.25, 0.3) is 0 Å². The molecule has 2 aromatic rings. The lowest BCUT2D eigenvalue weighted by atomic mass is 10.2. The minimum absolute atomic E-state index is 0.288. The van der Waals surface area contributed by atoms with Crippen molar-refractivity contribution in [3.05, 3.63) is 58.6 Å². The molecule has 0 fully saturated rings. The van der Waals surface area contributed by atoms with E-state index in [0.717, 1.165) is 0 Å². The highest BCUT2D eigenvalue weighted by molar-refractivity contribution is 6.35. The van der Waals surface area contributed by atoms with Crippen LogP contribution in [0.3, 0.4) is 0 Å². The van der Waals surface area contributed by atoms with Gasteiger partial charge in [-0.2, -0.15) is 0 Å². The Bertz CT molecular complexity index is 582. The van der Waals surface area contributed by atoms with Crippen LogP contribution >= 0.6 is 23.2 Å². The molecule has 0 spiro atoms. The molecule has 104 valence electrons. The van der Waals surface area contributed by atoms with Crippen molar-refractivity contribution in [3.8, 4) is 0 Å². The molecular weight excluding hydrogens is 297 g/mol. The van der Waals surface area contributed by atoms with Crippen LogP contribution in [0.2, 0.25) is 10.0 Å². The maximum atomic E-state index is 12.2. The number of para-hydroxylation sites is 1. The topological polar surface area (TPSA) is 29.5 Å². The predicted molar refractivity (Wildman–Crippen MR) is 82.1 cm³/mol. The molecule has 0 aliphatic heterocycles. The van der Waals surface area contributed by atoms with Gasteiger partial charge in [0, 0.05) is 10.0 Å². The minimum atomic E-state index is -0.475. The summed E-state index contributed by atoms with van der Waals surface area (Å²) in [6.45, 7) is 2.04. The van der Waals surface area contributed by atoms with E-state index in [4.69, 9.17) is 27.9 Å². The molecule has 0 atom stereocenters. The number of amides is 1. The molecule has 2 rings (SSSR count). The molecule has 0 N–H and O–H groups in total. The Labute approximate surface area is 127 Å². The zero-order valence-electron chi connectivity index (χ0n) is 10.8. The second-order valence-electron chi connectivity index (χ2n) is 4.00. The molecule has 0 aliphatic rings. The first-order chi connectivity index (χ1) is 9.61. The Balaban J connectivity index is 2.48. The largest absolute Gasteiger partial charge is 0.449 e. The number of halogens is 2. The number of nitrogens with zero attached hydrogens (tertiary/aromatic N) is 1. The van der Waals surface area contributed by atoms with Gasteiger partial charge >= 0.3 is 6.09 Å². The maximum Gasteiger partial charge on any atom is 0.418 e. The summed E-state index contributed by atoms with van der Waals surface area (Å²) in [4.78, 5) is 13.6. The fraction of sp³-hybridized carbons (Fsp3) is 0.133. The van der Waals surface area contributed by atoms with Crippen LogP contribution in [0.4, 0.5) is 16.2 Å². The van der Waals surface area contributed by atoms with Gasteiger partial charge in [0.15, 0.2) is 0 Å². The molecular formula is C15H13Cl2NO2. The number of benzene rings is 2. The van der Waals surface area contributed by atoms with E-state index in [1.165, 1.54) is 4.90 Å². The fourth-order valence-corrected chi connectivity index (χ4v) is 2.31. The molecule has 2 aromatic carbocycles. The van der Waals surface area contributed by atoms with Crippen LogP contribution in [-0.2, 0) is 4.74 Å². The number of hydrogen-bond donors (Lipinski definition) is 0. The van der Waals surface area contributed by atoms with Crippen molar-refractivity contribution < 1.29 is 9.53 Å². The summed E-state index contributed by atoms with van der Waals surface area (Å²) in [5, 5.41) is 0.912. The van der Waals surface area contributed by atoms with E-state index in [1.54, 1.807) is 25.1 Å². The monoisotopic (exact) mass is 309 g/mol. The maximum absolute atomic E-state index is 12.2. The van der Waals surface area contributed by atoms with E-state index >= 15 is 0 Å². The van der Waals surface area contributed by atoms with Crippen molar-refractivity contribution >= 4 is 40.7 Å². The number of ether oxygens (including phenoxy) is 1. The summed E-state index contributed by atoms with van der Waals surface area (Å²) >= 11 is 12.0. The number of carbonyl (C=O) groups excluding carboxylic acids is 1. The van der Waals surface area contributed by atoms with Gasteiger partial charge in [-0.25, -0.2) is 9.69 Å². The van der Waals surface area contributed by atoms with Gasteiger partial charge in [0.2, 0.25) is 0 Å². The molecule has 0 heterocycles. The third-order valence-electron chi connectivity index (χ3n) is 2.57. The highest BCUT2D eigenvalue weighted by atomic mass is 35.5. The molecule has 1 amide bonds. The second-order valence-corrected chi connectivity index (χ2v) is 4.87. The van der Waals surface area contributed by atoms with Crippen molar-refractivity contribution in [2.45, 2.75) is 6.92 Å². The number of rotatable bonds is 3. The van der Waals surface area contributed by atoms with Crippen LogP contribution in [-0.4, -0.2) is 12.7 Å². The van der Waals surface area contributed by atoms with Crippen molar-refractivity contribution in [2.24, 2.45) is 0 Å². The number of anilines is 2. The third kappa shape index (κ3) is 3.44. The molecule has 20 heavy (non-hydrogen) atoms. The zero-order chi connectivity index (χ0) is 14.5. The molecule has 0 aromatic heterocycles. The summed E-state index contributed by atoms with van der Waals surface area (Å²) in [5.74, 6) is 0. The van der Waals surface area contributed by atoms with Crippen molar-refractivity contribution in [2.75, 3.05) is 11.5 Å². The SMILES string of the molecule is CCOC(=O)N(c1ccccc1)c1cc(Cl)cc(Cl)c1. The standard InChI is InChI=1S/C15H13Cl2NO2/c1-2-20-15(19)18(13-6-4-3-5-7-13)14-9-11(16)8-12(17)10-14/h3-10H,2H2,1H3. The lowest BCUT2D eigenvalue weighted by Gasteiger charge is -2.22. The van der Waals surface area contributed by atoms with Gasteiger partial charge in [0.05, 0.1) is 18.0 Å². The highest BCUT2D eigenvalue weighted by Crippen LogP contribution is 2.31. The Kier molecular flexibility index (Phi) is 4.88. The minimum Gasteiger partial charge on any atom is -0.449 e. The number of hydrogen-bond acceptors (Lipinski definition) is 2. The Morgan fingerprint density at radius 1 is 1.05 bits per heavy atom. The number of carbonyl (C=O) groups is 1. The van der Waals surface area contributed by atoms with Gasteiger partial charge < -0.3 is 4.74 Å². The summed E-state index contributed by atoms with van der Waals surface area (Å²) < 4.78 is 5.09.